The second kappa shape index (κ2) is 9.92. The van der Waals surface area contributed by atoms with Gasteiger partial charge in [0.1, 0.15) is 5.75 Å². The minimum absolute atomic E-state index is 0.0665. The van der Waals surface area contributed by atoms with Crippen molar-refractivity contribution in [1.29, 1.82) is 0 Å². The van der Waals surface area contributed by atoms with Crippen molar-refractivity contribution in [1.82, 2.24) is 10.2 Å². The van der Waals surface area contributed by atoms with Gasteiger partial charge in [0.25, 0.3) is 5.91 Å². The number of amides is 3. The van der Waals surface area contributed by atoms with E-state index in [4.69, 9.17) is 16.3 Å². The van der Waals surface area contributed by atoms with Crippen LogP contribution in [0.5, 0.6) is 5.75 Å². The van der Waals surface area contributed by atoms with Crippen LogP contribution in [0.3, 0.4) is 0 Å². The third kappa shape index (κ3) is 5.47. The first-order valence-electron chi connectivity index (χ1n) is 10.1. The molecule has 28 heavy (non-hydrogen) atoms. The summed E-state index contributed by atoms with van der Waals surface area (Å²) in [5.74, 6) is 0.680. The number of carbonyl (C=O) groups is 3. The fourth-order valence-corrected chi connectivity index (χ4v) is 4.10. The Morgan fingerprint density at radius 1 is 1.14 bits per heavy atom. The molecule has 6 nitrogen and oxygen atoms in total. The molecule has 1 aromatic rings. The summed E-state index contributed by atoms with van der Waals surface area (Å²) in [4.78, 5) is 36.5. The number of likely N-dealkylation sites (tertiary alicyclic amines) is 1. The molecule has 0 bridgehead atoms. The molecule has 1 saturated carbocycles. The Balaban J connectivity index is 1.44. The molecule has 3 rings (SSSR count). The Labute approximate surface area is 170 Å². The number of carbonyl (C=O) groups excluding carboxylic acids is 3. The second-order valence-electron chi connectivity index (χ2n) is 7.45. The normalized spacial score (nSPS) is 17.8. The van der Waals surface area contributed by atoms with Gasteiger partial charge in [0, 0.05) is 31.0 Å². The van der Waals surface area contributed by atoms with E-state index in [2.05, 4.69) is 5.32 Å². The lowest BCUT2D eigenvalue weighted by Gasteiger charge is -2.24. The number of nitrogens with zero attached hydrogens (tertiary/aromatic N) is 1. The number of nitrogens with one attached hydrogen (secondary N) is 1. The molecule has 2 aliphatic rings. The van der Waals surface area contributed by atoms with Gasteiger partial charge in [0.05, 0.1) is 0 Å². The van der Waals surface area contributed by atoms with Crippen LogP contribution in [0.15, 0.2) is 18.2 Å². The smallest absolute Gasteiger partial charge is 0.257 e. The van der Waals surface area contributed by atoms with E-state index in [1.165, 1.54) is 24.2 Å². The number of imide groups is 1. The Morgan fingerprint density at radius 2 is 1.86 bits per heavy atom. The van der Waals surface area contributed by atoms with Gasteiger partial charge >= 0.3 is 0 Å². The van der Waals surface area contributed by atoms with Gasteiger partial charge in [-0.1, -0.05) is 30.9 Å². The number of hydrogen-bond acceptors (Lipinski definition) is 4. The van der Waals surface area contributed by atoms with Crippen LogP contribution in [-0.4, -0.2) is 42.3 Å². The quantitative estimate of drug-likeness (QED) is 0.530. The third-order valence-electron chi connectivity index (χ3n) is 5.41. The van der Waals surface area contributed by atoms with Crippen LogP contribution in [0.2, 0.25) is 5.02 Å². The summed E-state index contributed by atoms with van der Waals surface area (Å²) in [5, 5.41) is 3.46. The maximum Gasteiger partial charge on any atom is 0.257 e. The van der Waals surface area contributed by atoms with Crippen LogP contribution in [-0.2, 0) is 14.4 Å². The van der Waals surface area contributed by atoms with Crippen LogP contribution in [0.25, 0.3) is 0 Å². The predicted octanol–water partition coefficient (Wildman–Crippen LogP) is 3.42. The van der Waals surface area contributed by atoms with Gasteiger partial charge < -0.3 is 10.1 Å². The molecule has 1 aliphatic carbocycles. The lowest BCUT2D eigenvalue weighted by Crippen LogP contribution is -2.34. The van der Waals surface area contributed by atoms with E-state index in [9.17, 15) is 14.4 Å². The average molecular weight is 407 g/mol. The van der Waals surface area contributed by atoms with Crippen LogP contribution < -0.4 is 10.1 Å². The van der Waals surface area contributed by atoms with Gasteiger partial charge in [0.2, 0.25) is 11.8 Å². The number of hydrogen-bond donors (Lipinski definition) is 1. The lowest BCUT2D eigenvalue weighted by atomic mass is 9.84. The Hall–Kier alpha value is -2.08. The van der Waals surface area contributed by atoms with E-state index in [1.807, 2.05) is 12.1 Å². The fourth-order valence-electron chi connectivity index (χ4n) is 3.91. The van der Waals surface area contributed by atoms with E-state index in [0.717, 1.165) is 24.2 Å². The molecule has 1 N–H and O–H groups in total. The largest absolute Gasteiger partial charge is 0.483 e. The van der Waals surface area contributed by atoms with Gasteiger partial charge in [-0.05, 0) is 48.9 Å². The van der Waals surface area contributed by atoms with Crippen LogP contribution in [0.1, 0.15) is 62.8 Å². The van der Waals surface area contributed by atoms with Gasteiger partial charge in [0.15, 0.2) is 6.61 Å². The highest BCUT2D eigenvalue weighted by Gasteiger charge is 2.28. The molecule has 1 aliphatic heterocycles. The number of halogens is 1. The molecule has 1 heterocycles. The minimum Gasteiger partial charge on any atom is -0.483 e. The summed E-state index contributed by atoms with van der Waals surface area (Å²) in [6.07, 6.45) is 7.06. The molecule has 0 unspecified atom stereocenters. The zero-order valence-electron chi connectivity index (χ0n) is 16.0. The SMILES string of the molecule is O=C(COc1ccc(Cl)cc1C1CCCCC1)NCCCN1C(=O)CCC1=O. The molecule has 3 amide bonds. The van der Waals surface area contributed by atoms with Crippen molar-refractivity contribution >= 4 is 29.3 Å². The van der Waals surface area contributed by atoms with Crippen molar-refractivity contribution in [3.63, 3.8) is 0 Å². The second-order valence-corrected chi connectivity index (χ2v) is 7.88. The monoisotopic (exact) mass is 406 g/mol. The maximum absolute atomic E-state index is 12.1. The van der Waals surface area contributed by atoms with Crippen molar-refractivity contribution in [2.75, 3.05) is 19.7 Å². The van der Waals surface area contributed by atoms with Crippen LogP contribution in [0, 0.1) is 0 Å². The van der Waals surface area contributed by atoms with E-state index >= 15 is 0 Å². The van der Waals surface area contributed by atoms with Gasteiger partial charge in [-0.25, -0.2) is 0 Å². The van der Waals surface area contributed by atoms with Crippen molar-refractivity contribution < 1.29 is 19.1 Å². The van der Waals surface area contributed by atoms with E-state index < -0.39 is 0 Å². The first-order valence-corrected chi connectivity index (χ1v) is 10.4. The Morgan fingerprint density at radius 3 is 2.57 bits per heavy atom. The van der Waals surface area contributed by atoms with Crippen molar-refractivity contribution in [3.8, 4) is 5.75 Å². The molecular formula is C21H27ClN2O4. The summed E-state index contributed by atoms with van der Waals surface area (Å²) < 4.78 is 5.78. The molecule has 1 saturated heterocycles. The Bertz CT molecular complexity index is 715. The van der Waals surface area contributed by atoms with E-state index in [0.29, 0.717) is 43.3 Å². The Kier molecular flexibility index (Phi) is 7.31. The van der Waals surface area contributed by atoms with Gasteiger partial charge in [-0.15, -0.1) is 0 Å². The van der Waals surface area contributed by atoms with Crippen LogP contribution >= 0.6 is 11.6 Å². The highest BCUT2D eigenvalue weighted by Crippen LogP contribution is 2.38. The van der Waals surface area contributed by atoms with Crippen molar-refractivity contribution in [2.24, 2.45) is 0 Å². The van der Waals surface area contributed by atoms with Crippen LogP contribution in [0.4, 0.5) is 0 Å². The summed E-state index contributed by atoms with van der Waals surface area (Å²) in [6.45, 7) is 0.681. The summed E-state index contributed by atoms with van der Waals surface area (Å²) >= 11 is 6.17. The zero-order chi connectivity index (χ0) is 19.9. The molecule has 1 aromatic carbocycles. The number of ether oxygens (including phenoxy) is 1. The molecule has 2 fully saturated rings. The summed E-state index contributed by atoms with van der Waals surface area (Å²) in [5.41, 5.74) is 1.09. The standard InChI is InChI=1S/C21H27ClN2O4/c22-16-7-8-18(17(13-16)15-5-2-1-3-6-15)28-14-19(25)23-11-4-12-24-20(26)9-10-21(24)27/h7-8,13,15H,1-6,9-12,14H2,(H,23,25). The summed E-state index contributed by atoms with van der Waals surface area (Å²) in [6, 6.07) is 5.57. The molecular weight excluding hydrogens is 380 g/mol. The topological polar surface area (TPSA) is 75.7 Å². The van der Waals surface area contributed by atoms with E-state index in [-0.39, 0.29) is 24.3 Å². The highest BCUT2D eigenvalue weighted by molar-refractivity contribution is 6.30. The first kappa shape index (κ1) is 20.6. The number of rotatable bonds is 8. The van der Waals surface area contributed by atoms with Gasteiger partial charge in [-0.3, -0.25) is 19.3 Å². The van der Waals surface area contributed by atoms with Crippen molar-refractivity contribution in [2.45, 2.75) is 57.3 Å². The van der Waals surface area contributed by atoms with Gasteiger partial charge in [-0.2, -0.15) is 0 Å². The molecule has 152 valence electrons. The molecule has 0 radical (unpaired) electrons. The predicted molar refractivity (Wildman–Crippen MR) is 106 cm³/mol. The molecule has 0 atom stereocenters. The summed E-state index contributed by atoms with van der Waals surface area (Å²) in [7, 11) is 0. The zero-order valence-corrected chi connectivity index (χ0v) is 16.8. The van der Waals surface area contributed by atoms with E-state index in [1.54, 1.807) is 6.07 Å². The highest BCUT2D eigenvalue weighted by atomic mass is 35.5. The average Bonchev–Trinajstić information content (AvgIpc) is 3.02. The number of benzene rings is 1. The molecule has 7 heteroatoms. The fraction of sp³-hybridized carbons (Fsp3) is 0.571. The maximum atomic E-state index is 12.1. The molecule has 0 spiro atoms. The minimum atomic E-state index is -0.219. The van der Waals surface area contributed by atoms with Crippen molar-refractivity contribution in [3.05, 3.63) is 28.8 Å². The first-order chi connectivity index (χ1) is 13.5. The lowest BCUT2D eigenvalue weighted by molar-refractivity contribution is -0.138. The third-order valence-corrected chi connectivity index (χ3v) is 5.65. The molecule has 0 aromatic heterocycles.